The third-order valence-electron chi connectivity index (χ3n) is 3.90. The van der Waals surface area contributed by atoms with Gasteiger partial charge in [0.2, 0.25) is 0 Å². The fraction of sp³-hybridized carbons (Fsp3) is 0.579. The van der Waals surface area contributed by atoms with Gasteiger partial charge in [0.15, 0.2) is 5.78 Å². The number of ketones is 2. The van der Waals surface area contributed by atoms with Crippen molar-refractivity contribution in [2.45, 2.75) is 65.7 Å². The Kier molecular flexibility index (Phi) is 7.35. The lowest BCUT2D eigenvalue weighted by Crippen LogP contribution is -2.08. The van der Waals surface area contributed by atoms with E-state index in [9.17, 15) is 9.59 Å². The van der Waals surface area contributed by atoms with E-state index >= 15 is 0 Å². The Morgan fingerprint density at radius 1 is 1.05 bits per heavy atom. The Morgan fingerprint density at radius 3 is 2.14 bits per heavy atom. The highest BCUT2D eigenvalue weighted by Gasteiger charge is 2.16. The molecule has 0 heterocycles. The standard InChI is InChI=1S/C19H28O2/c1-5-6-18(13-19(21)12-7-14(2)3)17-10-8-16(9-11-17)15(4)20/h8-11,14,18H,5-7,12-13H2,1-4H3/t18-/m1/s1. The number of hydrogen-bond donors (Lipinski definition) is 0. The minimum Gasteiger partial charge on any atom is -0.300 e. The molecule has 1 aromatic rings. The van der Waals surface area contributed by atoms with Crippen LogP contribution in [-0.4, -0.2) is 11.6 Å². The van der Waals surface area contributed by atoms with Crippen LogP contribution in [0.15, 0.2) is 24.3 Å². The normalized spacial score (nSPS) is 12.4. The van der Waals surface area contributed by atoms with Gasteiger partial charge in [-0.05, 0) is 37.2 Å². The Bertz CT molecular complexity index is 457. The Morgan fingerprint density at radius 2 is 1.67 bits per heavy atom. The van der Waals surface area contributed by atoms with Gasteiger partial charge in [-0.15, -0.1) is 0 Å². The largest absolute Gasteiger partial charge is 0.300 e. The minimum atomic E-state index is 0.0848. The maximum Gasteiger partial charge on any atom is 0.159 e. The van der Waals surface area contributed by atoms with Crippen molar-refractivity contribution in [3.63, 3.8) is 0 Å². The summed E-state index contributed by atoms with van der Waals surface area (Å²) in [4.78, 5) is 23.5. The predicted molar refractivity (Wildman–Crippen MR) is 87.8 cm³/mol. The second kappa shape index (κ2) is 8.76. The summed E-state index contributed by atoms with van der Waals surface area (Å²) in [5.41, 5.74) is 1.92. The van der Waals surface area contributed by atoms with Crippen LogP contribution in [0, 0.1) is 5.92 Å². The maximum absolute atomic E-state index is 12.1. The van der Waals surface area contributed by atoms with Crippen molar-refractivity contribution in [3.8, 4) is 0 Å². The molecule has 0 aliphatic carbocycles. The first-order chi connectivity index (χ1) is 9.93. The van der Waals surface area contributed by atoms with Crippen LogP contribution in [0.1, 0.15) is 81.6 Å². The van der Waals surface area contributed by atoms with Crippen LogP contribution >= 0.6 is 0 Å². The predicted octanol–water partition coefficient (Wildman–Crippen LogP) is 5.17. The number of carbonyl (C=O) groups is 2. The zero-order chi connectivity index (χ0) is 15.8. The highest BCUT2D eigenvalue weighted by Crippen LogP contribution is 2.26. The Labute approximate surface area is 128 Å². The van der Waals surface area contributed by atoms with Gasteiger partial charge in [-0.25, -0.2) is 0 Å². The van der Waals surface area contributed by atoms with Crippen LogP contribution in [0.2, 0.25) is 0 Å². The van der Waals surface area contributed by atoms with Crippen molar-refractivity contribution in [2.75, 3.05) is 0 Å². The molecule has 2 heteroatoms. The van der Waals surface area contributed by atoms with E-state index < -0.39 is 0 Å². The fourth-order valence-corrected chi connectivity index (χ4v) is 2.55. The van der Waals surface area contributed by atoms with Crippen LogP contribution in [0.3, 0.4) is 0 Å². The van der Waals surface area contributed by atoms with E-state index in [0.717, 1.165) is 24.8 Å². The first-order valence-electron chi connectivity index (χ1n) is 8.06. The van der Waals surface area contributed by atoms with Crippen LogP contribution in [0.25, 0.3) is 0 Å². The molecule has 116 valence electrons. The average molecular weight is 288 g/mol. The molecule has 21 heavy (non-hydrogen) atoms. The van der Waals surface area contributed by atoms with E-state index in [2.05, 4.69) is 20.8 Å². The summed E-state index contributed by atoms with van der Waals surface area (Å²) in [5, 5.41) is 0. The molecule has 0 unspecified atom stereocenters. The molecule has 0 saturated heterocycles. The second-order valence-corrected chi connectivity index (χ2v) is 6.34. The van der Waals surface area contributed by atoms with Crippen molar-refractivity contribution in [1.82, 2.24) is 0 Å². The molecule has 0 radical (unpaired) electrons. The molecule has 0 aromatic heterocycles. The van der Waals surface area contributed by atoms with Gasteiger partial charge in [0.25, 0.3) is 0 Å². The van der Waals surface area contributed by atoms with E-state index in [4.69, 9.17) is 0 Å². The van der Waals surface area contributed by atoms with Crippen molar-refractivity contribution in [3.05, 3.63) is 35.4 Å². The van der Waals surface area contributed by atoms with Gasteiger partial charge in [-0.1, -0.05) is 51.5 Å². The SMILES string of the molecule is CCC[C@H](CC(=O)CCC(C)C)c1ccc(C(C)=O)cc1. The molecule has 0 fully saturated rings. The molecule has 1 rings (SSSR count). The lowest BCUT2D eigenvalue weighted by molar-refractivity contribution is -0.119. The van der Waals surface area contributed by atoms with Crippen LogP contribution in [-0.2, 0) is 4.79 Å². The van der Waals surface area contributed by atoms with Crippen LogP contribution < -0.4 is 0 Å². The molecule has 0 aliphatic heterocycles. The zero-order valence-corrected chi connectivity index (χ0v) is 13.8. The number of benzene rings is 1. The van der Waals surface area contributed by atoms with Gasteiger partial charge in [0.1, 0.15) is 5.78 Å². The van der Waals surface area contributed by atoms with Crippen molar-refractivity contribution >= 4 is 11.6 Å². The molecule has 0 saturated carbocycles. The lowest BCUT2D eigenvalue weighted by Gasteiger charge is -2.16. The summed E-state index contributed by atoms with van der Waals surface area (Å²) < 4.78 is 0. The van der Waals surface area contributed by atoms with E-state index in [1.54, 1.807) is 6.92 Å². The summed E-state index contributed by atoms with van der Waals surface area (Å²) in [6, 6.07) is 7.76. The molecule has 1 atom stereocenters. The molecule has 0 amide bonds. The summed E-state index contributed by atoms with van der Waals surface area (Å²) in [6.07, 6.45) is 4.37. The second-order valence-electron chi connectivity index (χ2n) is 6.34. The number of rotatable bonds is 9. The van der Waals surface area contributed by atoms with Gasteiger partial charge >= 0.3 is 0 Å². The topological polar surface area (TPSA) is 34.1 Å². The Hall–Kier alpha value is -1.44. The van der Waals surface area contributed by atoms with E-state index in [0.29, 0.717) is 24.5 Å². The molecule has 0 aliphatic rings. The molecule has 2 nitrogen and oxygen atoms in total. The molecule has 0 N–H and O–H groups in total. The van der Waals surface area contributed by atoms with E-state index in [1.807, 2.05) is 24.3 Å². The highest BCUT2D eigenvalue weighted by molar-refractivity contribution is 5.94. The first-order valence-corrected chi connectivity index (χ1v) is 8.06. The van der Waals surface area contributed by atoms with Crippen molar-refractivity contribution < 1.29 is 9.59 Å². The third kappa shape index (κ3) is 6.24. The van der Waals surface area contributed by atoms with E-state index in [1.165, 1.54) is 5.56 Å². The van der Waals surface area contributed by atoms with Gasteiger partial charge < -0.3 is 0 Å². The molecular weight excluding hydrogens is 260 g/mol. The molecule has 1 aromatic carbocycles. The van der Waals surface area contributed by atoms with Crippen LogP contribution in [0.4, 0.5) is 0 Å². The molecular formula is C19H28O2. The summed E-state index contributed by atoms with van der Waals surface area (Å²) in [7, 11) is 0. The lowest BCUT2D eigenvalue weighted by atomic mass is 9.87. The van der Waals surface area contributed by atoms with E-state index in [-0.39, 0.29) is 11.7 Å². The maximum atomic E-state index is 12.1. The van der Waals surface area contributed by atoms with Gasteiger partial charge in [0, 0.05) is 18.4 Å². The average Bonchev–Trinajstić information content (AvgIpc) is 2.45. The van der Waals surface area contributed by atoms with Crippen molar-refractivity contribution in [2.24, 2.45) is 5.92 Å². The quantitative estimate of drug-likeness (QED) is 0.587. The first kappa shape index (κ1) is 17.6. The number of carbonyl (C=O) groups excluding carboxylic acids is 2. The smallest absolute Gasteiger partial charge is 0.159 e. The number of hydrogen-bond acceptors (Lipinski definition) is 2. The number of Topliss-reactive ketones (excluding diaryl/α,β-unsaturated/α-hetero) is 2. The zero-order valence-electron chi connectivity index (χ0n) is 13.8. The fourth-order valence-electron chi connectivity index (χ4n) is 2.55. The summed E-state index contributed by atoms with van der Waals surface area (Å²) in [6.45, 7) is 8.03. The summed E-state index contributed by atoms with van der Waals surface area (Å²) >= 11 is 0. The monoisotopic (exact) mass is 288 g/mol. The molecule has 0 bridgehead atoms. The van der Waals surface area contributed by atoms with Gasteiger partial charge in [0.05, 0.1) is 0 Å². The van der Waals surface area contributed by atoms with Crippen molar-refractivity contribution in [1.29, 1.82) is 0 Å². The van der Waals surface area contributed by atoms with Gasteiger partial charge in [-0.2, -0.15) is 0 Å². The van der Waals surface area contributed by atoms with Gasteiger partial charge in [-0.3, -0.25) is 9.59 Å². The highest BCUT2D eigenvalue weighted by atomic mass is 16.1. The third-order valence-corrected chi connectivity index (χ3v) is 3.90. The minimum absolute atomic E-state index is 0.0848. The molecule has 0 spiro atoms. The Balaban J connectivity index is 2.71. The van der Waals surface area contributed by atoms with Crippen LogP contribution in [0.5, 0.6) is 0 Å². The summed E-state index contributed by atoms with van der Waals surface area (Å²) in [5.74, 6) is 1.31.